The van der Waals surface area contributed by atoms with Crippen LogP contribution in [0.2, 0.25) is 0 Å². The largest absolute Gasteiger partial charge is 0.314 e. The summed E-state index contributed by atoms with van der Waals surface area (Å²) in [5, 5.41) is 34.2. The molecule has 3 atom stereocenters. The van der Waals surface area contributed by atoms with Gasteiger partial charge in [-0.15, -0.1) is 0 Å². The van der Waals surface area contributed by atoms with Crippen molar-refractivity contribution in [1.82, 2.24) is 20.1 Å². The van der Waals surface area contributed by atoms with E-state index in [0.717, 1.165) is 77.8 Å². The Hall–Kier alpha value is -0.280. The van der Waals surface area contributed by atoms with E-state index in [9.17, 15) is 15.6 Å². The molecule has 0 saturated carbocycles. The second kappa shape index (κ2) is 7.53. The fourth-order valence-corrected chi connectivity index (χ4v) is 4.14. The number of hydroxylamine groups is 6. The van der Waals surface area contributed by atoms with Crippen LogP contribution < -0.4 is 0 Å². The number of hydrogen-bond acceptors (Lipinski definition) is 7. The normalized spacial score (nSPS) is 35.2. The Morgan fingerprint density at radius 1 is 0.636 bits per heavy atom. The molecule has 3 saturated heterocycles. The fraction of sp³-hybridized carbons (Fsp3) is 1.00. The van der Waals surface area contributed by atoms with E-state index >= 15 is 0 Å². The highest BCUT2D eigenvalue weighted by Crippen LogP contribution is 2.22. The van der Waals surface area contributed by atoms with E-state index < -0.39 is 0 Å². The Bertz CT molecular complexity index is 307. The van der Waals surface area contributed by atoms with Gasteiger partial charge < -0.3 is 15.6 Å². The first-order valence-corrected chi connectivity index (χ1v) is 8.72. The van der Waals surface area contributed by atoms with Crippen LogP contribution in [-0.2, 0) is 0 Å². The first-order valence-electron chi connectivity index (χ1n) is 8.72. The Morgan fingerprint density at radius 2 is 0.955 bits per heavy atom. The molecule has 0 bridgehead atoms. The molecule has 3 aliphatic rings. The van der Waals surface area contributed by atoms with Crippen molar-refractivity contribution in [3.8, 4) is 0 Å². The van der Waals surface area contributed by atoms with Crippen LogP contribution >= 0.6 is 0 Å². The van der Waals surface area contributed by atoms with Gasteiger partial charge in [-0.05, 0) is 38.5 Å². The van der Waals surface area contributed by atoms with Crippen molar-refractivity contribution < 1.29 is 15.6 Å². The molecular formula is C15H30N4O3. The minimum Gasteiger partial charge on any atom is -0.314 e. The van der Waals surface area contributed by atoms with E-state index in [1.54, 1.807) is 0 Å². The van der Waals surface area contributed by atoms with E-state index in [1.165, 1.54) is 15.2 Å². The molecule has 3 heterocycles. The first kappa shape index (κ1) is 16.6. The van der Waals surface area contributed by atoms with Crippen molar-refractivity contribution in [2.24, 2.45) is 0 Å². The molecule has 0 amide bonds. The minimum atomic E-state index is 0.182. The van der Waals surface area contributed by atoms with E-state index in [-0.39, 0.29) is 18.1 Å². The van der Waals surface area contributed by atoms with Gasteiger partial charge in [-0.1, -0.05) is 0 Å². The van der Waals surface area contributed by atoms with Crippen molar-refractivity contribution in [1.29, 1.82) is 0 Å². The summed E-state index contributed by atoms with van der Waals surface area (Å²) < 4.78 is 0. The van der Waals surface area contributed by atoms with Gasteiger partial charge in [0.2, 0.25) is 0 Å². The molecule has 0 spiro atoms. The third-order valence-electron chi connectivity index (χ3n) is 5.45. The highest BCUT2D eigenvalue weighted by molar-refractivity contribution is 4.85. The maximum atomic E-state index is 9.95. The highest BCUT2D eigenvalue weighted by atomic mass is 16.5. The molecule has 0 unspecified atom stereocenters. The van der Waals surface area contributed by atoms with E-state index in [0.29, 0.717) is 0 Å². The predicted molar refractivity (Wildman–Crippen MR) is 81.0 cm³/mol. The summed E-state index contributed by atoms with van der Waals surface area (Å²) in [6.45, 7) is 4.69. The van der Waals surface area contributed by atoms with Gasteiger partial charge in [0, 0.05) is 57.4 Å². The summed E-state index contributed by atoms with van der Waals surface area (Å²) in [7, 11) is 0. The quantitative estimate of drug-likeness (QED) is 0.671. The van der Waals surface area contributed by atoms with E-state index in [1.807, 2.05) is 0 Å². The van der Waals surface area contributed by atoms with Crippen LogP contribution in [-0.4, -0.2) is 93.1 Å². The van der Waals surface area contributed by atoms with Gasteiger partial charge in [0.05, 0.1) is 0 Å². The van der Waals surface area contributed by atoms with E-state index in [4.69, 9.17) is 0 Å². The number of nitrogens with zero attached hydrogens (tertiary/aromatic N) is 4. The Morgan fingerprint density at radius 3 is 1.18 bits per heavy atom. The summed E-state index contributed by atoms with van der Waals surface area (Å²) >= 11 is 0. The molecule has 3 fully saturated rings. The zero-order valence-electron chi connectivity index (χ0n) is 13.3. The third-order valence-corrected chi connectivity index (χ3v) is 5.45. The van der Waals surface area contributed by atoms with Gasteiger partial charge in [-0.3, -0.25) is 4.90 Å². The van der Waals surface area contributed by atoms with Crippen molar-refractivity contribution in [2.75, 3.05) is 39.3 Å². The van der Waals surface area contributed by atoms with Crippen LogP contribution in [0, 0.1) is 0 Å². The lowest BCUT2D eigenvalue weighted by Crippen LogP contribution is -2.48. The van der Waals surface area contributed by atoms with Gasteiger partial charge in [0.15, 0.2) is 0 Å². The zero-order chi connectivity index (χ0) is 15.5. The minimum absolute atomic E-state index is 0.182. The topological polar surface area (TPSA) is 73.7 Å². The van der Waals surface area contributed by atoms with E-state index in [2.05, 4.69) is 4.90 Å². The maximum absolute atomic E-state index is 9.95. The molecular weight excluding hydrogens is 284 g/mol. The van der Waals surface area contributed by atoms with Crippen molar-refractivity contribution in [2.45, 2.75) is 56.7 Å². The van der Waals surface area contributed by atoms with Crippen molar-refractivity contribution in [3.63, 3.8) is 0 Å². The van der Waals surface area contributed by atoms with Crippen LogP contribution in [0.1, 0.15) is 38.5 Å². The average molecular weight is 314 g/mol. The second-order valence-corrected chi connectivity index (χ2v) is 7.10. The fourth-order valence-electron chi connectivity index (χ4n) is 4.14. The van der Waals surface area contributed by atoms with Crippen LogP contribution in [0.5, 0.6) is 0 Å². The summed E-state index contributed by atoms with van der Waals surface area (Å²) in [6.07, 6.45) is 6.19. The molecule has 3 N–H and O–H groups in total. The predicted octanol–water partition coefficient (Wildman–Crippen LogP) is 0.849. The highest BCUT2D eigenvalue weighted by Gasteiger charge is 2.32. The van der Waals surface area contributed by atoms with Gasteiger partial charge in [-0.25, -0.2) is 0 Å². The molecule has 0 aromatic carbocycles. The first-order chi connectivity index (χ1) is 10.6. The standard InChI is InChI=1S/C15H30N4O3/c20-17-7-1-4-13(17)10-16(11-14-5-2-8-18(14)21)12-15-6-3-9-19(15)22/h13-15,20-22H,1-12H2/t13-,14-,15-/m0/s1. The van der Waals surface area contributed by atoms with Gasteiger partial charge in [-0.2, -0.15) is 15.2 Å². The smallest absolute Gasteiger partial charge is 0.0477 e. The molecule has 0 aliphatic carbocycles. The SMILES string of the molecule is ON1CCC[C@H]1CN(C[C@@H]1CCCN1O)C[C@@H]1CCCN1O. The van der Waals surface area contributed by atoms with Crippen LogP contribution in [0.15, 0.2) is 0 Å². The summed E-state index contributed by atoms with van der Waals surface area (Å²) in [6, 6.07) is 0.547. The van der Waals surface area contributed by atoms with Crippen molar-refractivity contribution >= 4 is 0 Å². The Kier molecular flexibility index (Phi) is 5.67. The lowest BCUT2D eigenvalue weighted by atomic mass is 10.1. The third kappa shape index (κ3) is 3.97. The molecule has 3 rings (SSSR count). The molecule has 0 radical (unpaired) electrons. The molecule has 22 heavy (non-hydrogen) atoms. The van der Waals surface area contributed by atoms with Crippen molar-refractivity contribution in [3.05, 3.63) is 0 Å². The second-order valence-electron chi connectivity index (χ2n) is 7.10. The van der Waals surface area contributed by atoms with Crippen LogP contribution in [0.3, 0.4) is 0 Å². The van der Waals surface area contributed by atoms with Gasteiger partial charge in [0.1, 0.15) is 0 Å². The van der Waals surface area contributed by atoms with Gasteiger partial charge >= 0.3 is 0 Å². The molecule has 7 nitrogen and oxygen atoms in total. The number of rotatable bonds is 6. The summed E-state index contributed by atoms with van der Waals surface area (Å²) in [5.41, 5.74) is 0. The maximum Gasteiger partial charge on any atom is 0.0477 e. The average Bonchev–Trinajstić information content (AvgIpc) is 3.17. The Labute approximate surface area is 132 Å². The Balaban J connectivity index is 1.58. The monoisotopic (exact) mass is 314 g/mol. The molecule has 7 heteroatoms. The molecule has 0 aromatic heterocycles. The number of hydrogen-bond donors (Lipinski definition) is 3. The summed E-state index contributed by atoms with van der Waals surface area (Å²) in [5.74, 6) is 0. The molecule has 0 aromatic rings. The zero-order valence-corrected chi connectivity index (χ0v) is 13.3. The molecule has 3 aliphatic heterocycles. The lowest BCUT2D eigenvalue weighted by Gasteiger charge is -2.34. The molecule has 128 valence electrons. The van der Waals surface area contributed by atoms with Crippen LogP contribution in [0.25, 0.3) is 0 Å². The lowest BCUT2D eigenvalue weighted by molar-refractivity contribution is -0.132. The van der Waals surface area contributed by atoms with Gasteiger partial charge in [0.25, 0.3) is 0 Å². The summed E-state index contributed by atoms with van der Waals surface area (Å²) in [4.78, 5) is 2.33. The van der Waals surface area contributed by atoms with Crippen LogP contribution in [0.4, 0.5) is 0 Å².